The lowest BCUT2D eigenvalue weighted by Crippen LogP contribution is -2.42. The third kappa shape index (κ3) is 15.0. The van der Waals surface area contributed by atoms with Crippen molar-refractivity contribution in [3.63, 3.8) is 0 Å². The molecule has 3 saturated carbocycles. The summed E-state index contributed by atoms with van der Waals surface area (Å²) in [5.41, 5.74) is 26.0. The van der Waals surface area contributed by atoms with Gasteiger partial charge in [0.25, 0.3) is 0 Å². The maximum atomic E-state index is 6.77. The van der Waals surface area contributed by atoms with Crippen LogP contribution in [0.5, 0.6) is 28.7 Å². The Morgan fingerprint density at radius 3 is 0.845 bits per heavy atom. The molecule has 10 heteroatoms. The van der Waals surface area contributed by atoms with Crippen LogP contribution in [0.1, 0.15) is 172 Å². The first-order valence-corrected chi connectivity index (χ1v) is 38.6. The van der Waals surface area contributed by atoms with E-state index in [2.05, 4.69) is 289 Å². The van der Waals surface area contributed by atoms with Gasteiger partial charge in [-0.05, 0) is 263 Å². The summed E-state index contributed by atoms with van der Waals surface area (Å²) in [5.74, 6) is 5.59. The Morgan fingerprint density at radius 2 is 0.534 bits per heavy atom. The Hall–Kier alpha value is -9.15. The summed E-state index contributed by atoms with van der Waals surface area (Å²) in [6.45, 7) is 16.1. The van der Waals surface area contributed by atoms with Gasteiger partial charge in [0.15, 0.2) is 31.0 Å². The molecular weight excluding hydrogens is 1270 g/mol. The van der Waals surface area contributed by atoms with Gasteiger partial charge in [0.05, 0.1) is 34.4 Å². The summed E-state index contributed by atoms with van der Waals surface area (Å²) in [4.78, 5) is 0. The summed E-state index contributed by atoms with van der Waals surface area (Å²) in [6, 6.07) is 54.1. The van der Waals surface area contributed by atoms with Crippen molar-refractivity contribution in [3.05, 3.63) is 238 Å². The number of nitrogens with zero attached hydrogens (tertiary/aromatic N) is 5. The van der Waals surface area contributed by atoms with Gasteiger partial charge in [0.2, 0.25) is 28.5 Å². The zero-order valence-corrected chi connectivity index (χ0v) is 63.7. The number of aryl methyl sites for hydroxylation is 15. The summed E-state index contributed by atoms with van der Waals surface area (Å²) in [5, 5.41) is 0. The van der Waals surface area contributed by atoms with E-state index in [-0.39, 0.29) is 22.4 Å². The van der Waals surface area contributed by atoms with Crippen molar-refractivity contribution in [2.24, 2.45) is 35.2 Å². The van der Waals surface area contributed by atoms with Crippen LogP contribution < -0.4 is 46.5 Å². The predicted molar refractivity (Wildman–Crippen MR) is 412 cm³/mol. The molecule has 5 aromatic heterocycles. The first kappa shape index (κ1) is 70.9. The van der Waals surface area contributed by atoms with Gasteiger partial charge in [-0.25, -0.2) is 22.8 Å². The van der Waals surface area contributed by atoms with Crippen molar-refractivity contribution in [2.75, 3.05) is 6.61 Å². The summed E-state index contributed by atoms with van der Waals surface area (Å²) in [6.07, 6.45) is 35.9. The molecule has 5 aromatic carbocycles. The average molecular weight is 1380 g/mol. The molecule has 0 amide bonds. The second-order valence-corrected chi connectivity index (χ2v) is 31.6. The van der Waals surface area contributed by atoms with Crippen LogP contribution in [0.15, 0.2) is 183 Å². The third-order valence-electron chi connectivity index (χ3n) is 23.6. The molecule has 532 valence electrons. The monoisotopic (exact) mass is 1380 g/mol. The number of fused-ring (bicyclic) bond motifs is 5. The van der Waals surface area contributed by atoms with Gasteiger partial charge in [0.1, 0.15) is 86.4 Å². The minimum Gasteiger partial charge on any atom is -0.492 e. The van der Waals surface area contributed by atoms with Gasteiger partial charge in [0, 0.05) is 60.7 Å². The topological polar surface area (TPSA) is 65.5 Å². The van der Waals surface area contributed by atoms with Crippen LogP contribution in [-0.2, 0) is 67.3 Å². The minimum atomic E-state index is -0.0805. The molecule has 10 heterocycles. The molecule has 0 N–H and O–H groups in total. The normalized spacial score (nSPS) is 17.6. The Balaban J connectivity index is 0.000000109. The van der Waals surface area contributed by atoms with Gasteiger partial charge in [-0.3, -0.25) is 0 Å². The van der Waals surface area contributed by atoms with Crippen molar-refractivity contribution in [1.29, 1.82) is 0 Å². The minimum absolute atomic E-state index is 0.0805. The molecule has 0 saturated heterocycles. The summed E-state index contributed by atoms with van der Waals surface area (Å²) >= 11 is 0. The van der Waals surface area contributed by atoms with E-state index in [0.29, 0.717) is 0 Å². The number of hydrogen-bond donors (Lipinski definition) is 0. The number of rotatable bonds is 5. The van der Waals surface area contributed by atoms with E-state index >= 15 is 0 Å². The lowest BCUT2D eigenvalue weighted by molar-refractivity contribution is -0.660. The number of benzene rings is 5. The molecule has 5 aliphatic heterocycles. The Labute approximate surface area is 614 Å². The van der Waals surface area contributed by atoms with Crippen LogP contribution in [0.25, 0.3) is 56.3 Å². The Kier molecular flexibility index (Phi) is 20.6. The van der Waals surface area contributed by atoms with Crippen molar-refractivity contribution in [2.45, 2.75) is 206 Å². The van der Waals surface area contributed by atoms with Crippen molar-refractivity contribution >= 4 is 0 Å². The molecule has 10 aromatic rings. The number of aromatic nitrogens is 5. The van der Waals surface area contributed by atoms with E-state index in [9.17, 15) is 0 Å². The smallest absolute Gasteiger partial charge is 0.216 e. The standard InChI is InChI=1S/C21H26NO.C20H24NO.C18H20NO.C18H22NO.C16H18NO/c1-16-9-10-17-11-14-21(12-5-3-6-13-21)23-20(17)19(16)18-8-4-7-15-22(18)2;1-15-8-9-16-10-13-20(11-4-5-12-20)22-19(16)18(15)17-7-3-6-14-21(17)2;1-13-6-7-14-8-9-18(10-11-18)20-17(14)16(13)15-5-3-4-12-19(15)2;1-13-8-9-14-10-11-18(2,3)20-17(14)16(13)15-7-5-6-12-19(15)4;1-12-8-9-13-6-5-11-18-16(13)15(12)14-7-3-4-10-17(14)2/h4,7-10,15H,3,5-6,11-14H2,1-2H3;3,6-9,14H,4-5,10-13H2,1-2H3;3-7,12H,8-11H2,1-2H3;5-9,12H,10-11H2,1-4H3;3-4,7-10H,5-6,11H2,1-2H3/q5*+1. The van der Waals surface area contributed by atoms with Crippen LogP contribution >= 0.6 is 0 Å². The van der Waals surface area contributed by atoms with E-state index in [1.54, 1.807) is 0 Å². The van der Waals surface area contributed by atoms with E-state index in [1.165, 1.54) is 202 Å². The first-order valence-electron chi connectivity index (χ1n) is 38.6. The Bertz CT molecular complexity index is 4650. The highest BCUT2D eigenvalue weighted by Crippen LogP contribution is 2.53. The SMILES string of the molecule is Cc1ccc2c(c1-c1cccc[n+]1C)OC(C)(C)CC2.Cc1ccc2c(c1-c1cccc[n+]1C)OC1(CC2)CC1.Cc1ccc2c(c1-c1cccc[n+]1C)OC1(CCCC1)CC2.Cc1ccc2c(c1-c1cccc[n+]1C)OC1(CCCCC1)CC2.Cc1ccc2c(c1-c1cccc[n+]1C)OCCC2. The highest BCUT2D eigenvalue weighted by atomic mass is 16.5. The largest absolute Gasteiger partial charge is 0.492 e. The average Bonchev–Trinajstić information content (AvgIpc) is 1.71. The number of hydrogen-bond acceptors (Lipinski definition) is 5. The number of ether oxygens (including phenoxy) is 5. The summed E-state index contributed by atoms with van der Waals surface area (Å²) in [7, 11) is 10.5. The maximum Gasteiger partial charge on any atom is 0.216 e. The van der Waals surface area contributed by atoms with Crippen LogP contribution in [0.3, 0.4) is 0 Å². The van der Waals surface area contributed by atoms with Gasteiger partial charge in [-0.15, -0.1) is 0 Å². The van der Waals surface area contributed by atoms with Crippen molar-refractivity contribution in [3.8, 4) is 85.0 Å². The molecule has 103 heavy (non-hydrogen) atoms. The van der Waals surface area contributed by atoms with E-state index in [4.69, 9.17) is 23.7 Å². The van der Waals surface area contributed by atoms with Crippen molar-refractivity contribution < 1.29 is 46.5 Å². The molecule has 0 radical (unpaired) electrons. The van der Waals surface area contributed by atoms with Crippen LogP contribution in [0, 0.1) is 34.6 Å². The van der Waals surface area contributed by atoms with E-state index < -0.39 is 0 Å². The lowest BCUT2D eigenvalue weighted by Gasteiger charge is -2.42. The van der Waals surface area contributed by atoms with E-state index in [0.717, 1.165) is 80.3 Å². The second-order valence-electron chi connectivity index (χ2n) is 31.6. The zero-order chi connectivity index (χ0) is 71.6. The molecule has 0 atom stereocenters. The van der Waals surface area contributed by atoms with E-state index in [1.807, 2.05) is 0 Å². The Morgan fingerprint density at radius 1 is 0.262 bits per heavy atom. The fraction of sp³-hybridized carbons (Fsp3) is 0.409. The molecule has 3 fully saturated rings. The predicted octanol–water partition coefficient (Wildman–Crippen LogP) is 18.4. The molecular formula is C93H110N5O5+5. The van der Waals surface area contributed by atoms with Crippen LogP contribution in [-0.4, -0.2) is 29.0 Å². The van der Waals surface area contributed by atoms with Crippen molar-refractivity contribution in [1.82, 2.24) is 0 Å². The van der Waals surface area contributed by atoms with Gasteiger partial charge >= 0.3 is 0 Å². The zero-order valence-electron chi connectivity index (χ0n) is 63.7. The highest BCUT2D eigenvalue weighted by Gasteiger charge is 2.49. The molecule has 3 spiro atoms. The molecule has 10 nitrogen and oxygen atoms in total. The molecule has 0 bridgehead atoms. The van der Waals surface area contributed by atoms with Gasteiger partial charge in [-0.2, -0.15) is 0 Å². The van der Waals surface area contributed by atoms with Crippen LogP contribution in [0.2, 0.25) is 0 Å². The molecule has 18 rings (SSSR count). The van der Waals surface area contributed by atoms with Gasteiger partial charge in [-0.1, -0.05) is 67.1 Å². The highest BCUT2D eigenvalue weighted by molar-refractivity contribution is 5.76. The lowest BCUT2D eigenvalue weighted by atomic mass is 9.78. The van der Waals surface area contributed by atoms with Crippen LogP contribution in [0.4, 0.5) is 0 Å². The fourth-order valence-corrected chi connectivity index (χ4v) is 17.2. The molecule has 8 aliphatic rings. The molecule has 3 aliphatic carbocycles. The third-order valence-corrected chi connectivity index (χ3v) is 23.6. The maximum absolute atomic E-state index is 6.77. The second kappa shape index (κ2) is 29.9. The first-order chi connectivity index (χ1) is 49.8. The number of pyridine rings is 5. The quantitative estimate of drug-likeness (QED) is 0.161. The van der Waals surface area contributed by atoms with Gasteiger partial charge < -0.3 is 23.7 Å². The fourth-order valence-electron chi connectivity index (χ4n) is 17.2. The molecule has 0 unspecified atom stereocenters. The summed E-state index contributed by atoms with van der Waals surface area (Å²) < 4.78 is 43.0.